The molecule has 1 aromatic carbocycles. The standard InChI is InChI=1S/C15H19N3O4/c1-15(2,3)17-14(20)10-16-13(19)9-8-11-6-4-5-7-12(11)18(21)22/h4-9H,10H2,1-3H3,(H,16,19)(H,17,20)/b9-8+. The zero-order chi connectivity index (χ0) is 16.8. The maximum absolute atomic E-state index is 11.6. The molecule has 0 fully saturated rings. The summed E-state index contributed by atoms with van der Waals surface area (Å²) in [5.74, 6) is -0.804. The lowest BCUT2D eigenvalue weighted by Crippen LogP contribution is -2.45. The summed E-state index contributed by atoms with van der Waals surface area (Å²) in [5, 5.41) is 16.0. The number of benzene rings is 1. The number of amides is 2. The first-order chi connectivity index (χ1) is 10.2. The van der Waals surface area contributed by atoms with Crippen molar-refractivity contribution in [3.05, 3.63) is 46.0 Å². The Morgan fingerprint density at radius 1 is 1.27 bits per heavy atom. The number of carbonyl (C=O) groups excluding carboxylic acids is 2. The second kappa shape index (κ2) is 7.35. The molecule has 1 aromatic rings. The molecule has 0 heterocycles. The van der Waals surface area contributed by atoms with Crippen LogP contribution in [-0.2, 0) is 9.59 Å². The molecular weight excluding hydrogens is 286 g/mol. The Morgan fingerprint density at radius 3 is 2.50 bits per heavy atom. The predicted octanol–water partition coefficient (Wildman–Crippen LogP) is 1.64. The van der Waals surface area contributed by atoms with Gasteiger partial charge in [-0.25, -0.2) is 0 Å². The van der Waals surface area contributed by atoms with Crippen molar-refractivity contribution in [1.82, 2.24) is 10.6 Å². The number of hydrogen-bond acceptors (Lipinski definition) is 4. The lowest BCUT2D eigenvalue weighted by molar-refractivity contribution is -0.385. The Bertz CT molecular complexity index is 603. The van der Waals surface area contributed by atoms with E-state index in [9.17, 15) is 19.7 Å². The second-order valence-corrected chi connectivity index (χ2v) is 5.67. The highest BCUT2D eigenvalue weighted by molar-refractivity contribution is 5.94. The minimum absolute atomic E-state index is 0.0861. The van der Waals surface area contributed by atoms with E-state index in [1.165, 1.54) is 18.2 Å². The number of nitrogens with one attached hydrogen (secondary N) is 2. The van der Waals surface area contributed by atoms with Crippen LogP contribution in [0.3, 0.4) is 0 Å². The predicted molar refractivity (Wildman–Crippen MR) is 83.0 cm³/mol. The fourth-order valence-corrected chi connectivity index (χ4v) is 1.65. The van der Waals surface area contributed by atoms with E-state index in [1.54, 1.807) is 12.1 Å². The van der Waals surface area contributed by atoms with E-state index in [4.69, 9.17) is 0 Å². The van der Waals surface area contributed by atoms with E-state index in [1.807, 2.05) is 20.8 Å². The Morgan fingerprint density at radius 2 is 1.91 bits per heavy atom. The third-order valence-corrected chi connectivity index (χ3v) is 2.49. The number of hydrogen-bond donors (Lipinski definition) is 2. The van der Waals surface area contributed by atoms with Crippen LogP contribution < -0.4 is 10.6 Å². The molecule has 0 aliphatic heterocycles. The first kappa shape index (κ1) is 17.4. The van der Waals surface area contributed by atoms with E-state index < -0.39 is 10.8 Å². The van der Waals surface area contributed by atoms with E-state index >= 15 is 0 Å². The summed E-state index contributed by atoms with van der Waals surface area (Å²) in [6, 6.07) is 6.08. The minimum atomic E-state index is -0.519. The maximum Gasteiger partial charge on any atom is 0.276 e. The van der Waals surface area contributed by atoms with Gasteiger partial charge < -0.3 is 10.6 Å². The molecule has 1 rings (SSSR count). The van der Waals surface area contributed by atoms with Gasteiger partial charge in [0.25, 0.3) is 5.69 Å². The van der Waals surface area contributed by atoms with Gasteiger partial charge in [0.15, 0.2) is 0 Å². The van der Waals surface area contributed by atoms with Gasteiger partial charge in [-0.1, -0.05) is 12.1 Å². The van der Waals surface area contributed by atoms with E-state index in [2.05, 4.69) is 10.6 Å². The van der Waals surface area contributed by atoms with Crippen LogP contribution in [0.25, 0.3) is 6.08 Å². The van der Waals surface area contributed by atoms with Crippen LogP contribution in [0.2, 0.25) is 0 Å². The molecule has 0 bridgehead atoms. The topological polar surface area (TPSA) is 101 Å². The Hall–Kier alpha value is -2.70. The number of nitro benzene ring substituents is 1. The summed E-state index contributed by atoms with van der Waals surface area (Å²) in [5.41, 5.74) is -0.138. The normalized spacial score (nSPS) is 11.2. The number of nitro groups is 1. The molecule has 0 aliphatic rings. The molecule has 0 aromatic heterocycles. The molecule has 7 heteroatoms. The number of carbonyl (C=O) groups is 2. The third-order valence-electron chi connectivity index (χ3n) is 2.49. The van der Waals surface area contributed by atoms with Crippen LogP contribution >= 0.6 is 0 Å². The third kappa shape index (κ3) is 6.17. The van der Waals surface area contributed by atoms with Crippen molar-refractivity contribution in [2.45, 2.75) is 26.3 Å². The van der Waals surface area contributed by atoms with Crippen molar-refractivity contribution in [2.24, 2.45) is 0 Å². The van der Waals surface area contributed by atoms with Crippen LogP contribution in [0.4, 0.5) is 5.69 Å². The van der Waals surface area contributed by atoms with Crippen molar-refractivity contribution in [3.63, 3.8) is 0 Å². The first-order valence-electron chi connectivity index (χ1n) is 6.69. The summed E-state index contributed by atoms with van der Waals surface area (Å²) in [4.78, 5) is 33.5. The fraction of sp³-hybridized carbons (Fsp3) is 0.333. The summed E-state index contributed by atoms with van der Waals surface area (Å²) < 4.78 is 0. The highest BCUT2D eigenvalue weighted by Crippen LogP contribution is 2.18. The second-order valence-electron chi connectivity index (χ2n) is 5.67. The molecule has 2 N–H and O–H groups in total. The summed E-state index contributed by atoms with van der Waals surface area (Å²) in [6.07, 6.45) is 2.50. The largest absolute Gasteiger partial charge is 0.350 e. The van der Waals surface area contributed by atoms with Crippen molar-refractivity contribution in [3.8, 4) is 0 Å². The molecule has 7 nitrogen and oxygen atoms in total. The Balaban J connectivity index is 2.59. The molecule has 0 atom stereocenters. The molecule has 118 valence electrons. The quantitative estimate of drug-likeness (QED) is 0.490. The smallest absolute Gasteiger partial charge is 0.276 e. The van der Waals surface area contributed by atoms with Gasteiger partial charge in [0, 0.05) is 17.7 Å². The highest BCUT2D eigenvalue weighted by Gasteiger charge is 2.14. The van der Waals surface area contributed by atoms with Gasteiger partial charge in [0.2, 0.25) is 11.8 Å². The molecule has 22 heavy (non-hydrogen) atoms. The van der Waals surface area contributed by atoms with Gasteiger partial charge in [0.1, 0.15) is 0 Å². The van der Waals surface area contributed by atoms with E-state index in [0.29, 0.717) is 5.56 Å². The number of nitrogens with zero attached hydrogens (tertiary/aromatic N) is 1. The average Bonchev–Trinajstić information content (AvgIpc) is 2.41. The number of para-hydroxylation sites is 1. The Kier molecular flexibility index (Phi) is 5.80. The molecule has 0 radical (unpaired) electrons. The molecule has 0 aliphatic carbocycles. The average molecular weight is 305 g/mol. The SMILES string of the molecule is CC(C)(C)NC(=O)CNC(=O)/C=C/c1ccccc1[N+](=O)[O-]. The minimum Gasteiger partial charge on any atom is -0.350 e. The van der Waals surface area contributed by atoms with Crippen LogP contribution in [0.15, 0.2) is 30.3 Å². The molecule has 0 saturated heterocycles. The van der Waals surface area contributed by atoms with Crippen molar-refractivity contribution in [2.75, 3.05) is 6.54 Å². The van der Waals surface area contributed by atoms with Gasteiger partial charge in [-0.05, 0) is 32.9 Å². The molecule has 0 spiro atoms. The summed E-state index contributed by atoms with van der Waals surface area (Å²) >= 11 is 0. The van der Waals surface area contributed by atoms with Gasteiger partial charge in [0.05, 0.1) is 17.0 Å². The van der Waals surface area contributed by atoms with Crippen molar-refractivity contribution < 1.29 is 14.5 Å². The van der Waals surface area contributed by atoms with Crippen LogP contribution in [-0.4, -0.2) is 28.8 Å². The summed E-state index contributed by atoms with van der Waals surface area (Å²) in [7, 11) is 0. The molecule has 2 amide bonds. The van der Waals surface area contributed by atoms with E-state index in [0.717, 1.165) is 6.08 Å². The highest BCUT2D eigenvalue weighted by atomic mass is 16.6. The lowest BCUT2D eigenvalue weighted by Gasteiger charge is -2.20. The first-order valence-corrected chi connectivity index (χ1v) is 6.69. The van der Waals surface area contributed by atoms with Gasteiger partial charge >= 0.3 is 0 Å². The van der Waals surface area contributed by atoms with Crippen LogP contribution in [0.1, 0.15) is 26.3 Å². The zero-order valence-electron chi connectivity index (χ0n) is 12.8. The lowest BCUT2D eigenvalue weighted by atomic mass is 10.1. The van der Waals surface area contributed by atoms with E-state index in [-0.39, 0.29) is 23.7 Å². The summed E-state index contributed by atoms with van der Waals surface area (Å²) in [6.45, 7) is 5.35. The fourth-order valence-electron chi connectivity index (χ4n) is 1.65. The van der Waals surface area contributed by atoms with Crippen molar-refractivity contribution >= 4 is 23.6 Å². The molecule has 0 saturated carbocycles. The molecule has 0 unspecified atom stereocenters. The van der Waals surface area contributed by atoms with Crippen molar-refractivity contribution in [1.29, 1.82) is 0 Å². The van der Waals surface area contributed by atoms with Gasteiger partial charge in [-0.15, -0.1) is 0 Å². The zero-order valence-corrected chi connectivity index (χ0v) is 12.8. The monoisotopic (exact) mass is 305 g/mol. The Labute approximate surface area is 128 Å². The van der Waals surface area contributed by atoms with Crippen LogP contribution in [0.5, 0.6) is 0 Å². The molecular formula is C15H19N3O4. The van der Waals surface area contributed by atoms with Gasteiger partial charge in [-0.2, -0.15) is 0 Å². The van der Waals surface area contributed by atoms with Gasteiger partial charge in [-0.3, -0.25) is 19.7 Å². The van der Waals surface area contributed by atoms with Crippen LogP contribution in [0, 0.1) is 10.1 Å². The maximum atomic E-state index is 11.6. The number of rotatable bonds is 5.